The van der Waals surface area contributed by atoms with Crippen LogP contribution in [0.25, 0.3) is 0 Å². The fourth-order valence-corrected chi connectivity index (χ4v) is 1.31. The van der Waals surface area contributed by atoms with Gasteiger partial charge in [0.25, 0.3) is 0 Å². The van der Waals surface area contributed by atoms with Crippen LogP contribution in [0.5, 0.6) is 0 Å². The largest absolute Gasteiger partial charge is 0.438 e. The Hall–Kier alpha value is -1.78. The summed E-state index contributed by atoms with van der Waals surface area (Å²) in [6.45, 7) is 0. The summed E-state index contributed by atoms with van der Waals surface area (Å²) in [5.41, 5.74) is -15.1. The van der Waals surface area contributed by atoms with Gasteiger partial charge in [-0.15, -0.1) is 0 Å². The van der Waals surface area contributed by atoms with Crippen LogP contribution in [0, 0.1) is 0 Å². The molecular weight excluding hydrogens is 462 g/mol. The third kappa shape index (κ3) is 3.85. The second kappa shape index (κ2) is 6.93. The normalized spacial score (nSPS) is 17.4. The van der Waals surface area contributed by atoms with Crippen molar-refractivity contribution in [3.05, 3.63) is 23.3 Å². The third-order valence-electron chi connectivity index (χ3n) is 2.75. The summed E-state index contributed by atoms with van der Waals surface area (Å²) in [5.74, 6) is -19.7. The molecule has 0 aromatic heterocycles. The van der Waals surface area contributed by atoms with E-state index in [1.165, 1.54) is 0 Å². The summed E-state index contributed by atoms with van der Waals surface area (Å²) in [5, 5.41) is 0. The quantitative estimate of drug-likeness (QED) is 0.315. The zero-order valence-electron chi connectivity index (χ0n) is 11.8. The molecule has 0 unspecified atom stereocenters. The molecule has 18 heteroatoms. The van der Waals surface area contributed by atoms with Gasteiger partial charge in [-0.2, -0.15) is 52.7 Å². The molecule has 0 heterocycles. The third-order valence-corrected chi connectivity index (χ3v) is 2.75. The van der Waals surface area contributed by atoms with E-state index in [1.54, 1.807) is 0 Å². The minimum absolute atomic E-state index is 4.79. The van der Waals surface area contributed by atoms with Crippen molar-refractivity contribution in [3.63, 3.8) is 0 Å². The molecule has 0 nitrogen and oxygen atoms in total. The highest BCUT2D eigenvalue weighted by molar-refractivity contribution is 5.35. The SMILES string of the molecule is FC(C(F)=C(F)C(F)(C(F)(F)F)C(F)(F)F)=C(F)C(F)(C(F)(F)F)C(F)(F)F. The highest BCUT2D eigenvalue weighted by Gasteiger charge is 2.78. The standard InChI is InChI=1S/C10F18/c11-1(3(13)5(15,7(17,18)19)8(20,21)22)2(12)4(14)6(16,9(23,24)25)10(26,27)28. The first-order valence-electron chi connectivity index (χ1n) is 5.65. The maximum Gasteiger partial charge on any atom is 0.438 e. The summed E-state index contributed by atoms with van der Waals surface area (Å²) < 4.78 is 223. The van der Waals surface area contributed by atoms with Crippen molar-refractivity contribution < 1.29 is 79.0 Å². The van der Waals surface area contributed by atoms with Crippen LogP contribution in [0.2, 0.25) is 0 Å². The van der Waals surface area contributed by atoms with Gasteiger partial charge >= 0.3 is 36.0 Å². The van der Waals surface area contributed by atoms with E-state index in [4.69, 9.17) is 0 Å². The molecule has 0 rings (SSSR count). The molecule has 0 fully saturated rings. The van der Waals surface area contributed by atoms with Gasteiger partial charge in [-0.3, -0.25) is 0 Å². The fourth-order valence-electron chi connectivity index (χ4n) is 1.31. The molecule has 0 N–H and O–H groups in total. The summed E-state index contributed by atoms with van der Waals surface area (Å²) >= 11 is 0. The van der Waals surface area contributed by atoms with Crippen LogP contribution in [0.15, 0.2) is 23.3 Å². The van der Waals surface area contributed by atoms with Gasteiger partial charge in [0.15, 0.2) is 23.3 Å². The van der Waals surface area contributed by atoms with E-state index < -0.39 is 59.4 Å². The minimum Gasteiger partial charge on any atom is -0.215 e. The molecular formula is C10F18. The first kappa shape index (κ1) is 26.2. The molecule has 0 atom stereocenters. The molecule has 0 aliphatic carbocycles. The summed E-state index contributed by atoms with van der Waals surface area (Å²) in [6, 6.07) is 0. The lowest BCUT2D eigenvalue weighted by molar-refractivity contribution is -0.333. The molecule has 0 amide bonds. The average Bonchev–Trinajstić information content (AvgIpc) is 2.45. The Bertz CT molecular complexity index is 562. The Morgan fingerprint density at radius 2 is 0.464 bits per heavy atom. The summed E-state index contributed by atoms with van der Waals surface area (Å²) in [7, 11) is 0. The summed E-state index contributed by atoms with van der Waals surface area (Å²) in [6.07, 6.45) is -30.2. The highest BCUT2D eigenvalue weighted by Crippen LogP contribution is 2.55. The molecule has 0 aliphatic rings. The van der Waals surface area contributed by atoms with Crippen molar-refractivity contribution in [1.29, 1.82) is 0 Å². The van der Waals surface area contributed by atoms with Crippen LogP contribution in [-0.2, 0) is 0 Å². The highest BCUT2D eigenvalue weighted by atomic mass is 19.4. The van der Waals surface area contributed by atoms with Gasteiger partial charge in [-0.25, -0.2) is 26.3 Å². The van der Waals surface area contributed by atoms with E-state index in [1.807, 2.05) is 0 Å². The average molecular weight is 462 g/mol. The number of halogens is 18. The maximum absolute atomic E-state index is 13.1. The molecule has 0 aliphatic heterocycles. The van der Waals surface area contributed by atoms with Gasteiger partial charge in [0.05, 0.1) is 0 Å². The fraction of sp³-hybridized carbons (Fsp3) is 0.600. The Balaban J connectivity index is 7.06. The number of hydrogen-bond acceptors (Lipinski definition) is 0. The predicted molar refractivity (Wildman–Crippen MR) is 50.4 cm³/mol. The lowest BCUT2D eigenvalue weighted by atomic mass is 9.99. The number of alkyl halides is 14. The Labute approximate surface area is 140 Å². The van der Waals surface area contributed by atoms with Gasteiger partial charge in [0.2, 0.25) is 0 Å². The monoisotopic (exact) mass is 462 g/mol. The molecule has 166 valence electrons. The smallest absolute Gasteiger partial charge is 0.215 e. The van der Waals surface area contributed by atoms with Crippen LogP contribution in [0.1, 0.15) is 0 Å². The zero-order chi connectivity index (χ0) is 23.3. The van der Waals surface area contributed by atoms with E-state index in [2.05, 4.69) is 0 Å². The van der Waals surface area contributed by atoms with Gasteiger partial charge < -0.3 is 0 Å². The first-order chi connectivity index (χ1) is 11.9. The lowest BCUT2D eigenvalue weighted by Gasteiger charge is -2.29. The number of rotatable bonds is 3. The minimum atomic E-state index is -7.55. The van der Waals surface area contributed by atoms with Crippen molar-refractivity contribution in [1.82, 2.24) is 0 Å². The van der Waals surface area contributed by atoms with Crippen LogP contribution in [0.4, 0.5) is 79.0 Å². The molecule has 0 saturated carbocycles. The van der Waals surface area contributed by atoms with Crippen molar-refractivity contribution in [2.45, 2.75) is 36.0 Å². The second-order valence-electron chi connectivity index (χ2n) is 4.56. The van der Waals surface area contributed by atoms with Gasteiger partial charge in [0.1, 0.15) is 0 Å². The Kier molecular flexibility index (Phi) is 6.48. The molecule has 0 bridgehead atoms. The van der Waals surface area contributed by atoms with E-state index in [9.17, 15) is 79.0 Å². The van der Waals surface area contributed by atoms with E-state index in [0.29, 0.717) is 0 Å². The Morgan fingerprint density at radius 1 is 0.321 bits per heavy atom. The molecule has 0 radical (unpaired) electrons. The van der Waals surface area contributed by atoms with Gasteiger partial charge in [-0.05, 0) is 0 Å². The van der Waals surface area contributed by atoms with Crippen molar-refractivity contribution in [2.75, 3.05) is 0 Å². The molecule has 0 aromatic rings. The first-order valence-corrected chi connectivity index (χ1v) is 5.65. The van der Waals surface area contributed by atoms with Crippen molar-refractivity contribution >= 4 is 0 Å². The second-order valence-corrected chi connectivity index (χ2v) is 4.56. The molecule has 28 heavy (non-hydrogen) atoms. The Morgan fingerprint density at radius 3 is 0.571 bits per heavy atom. The zero-order valence-corrected chi connectivity index (χ0v) is 11.8. The van der Waals surface area contributed by atoms with Gasteiger partial charge in [0, 0.05) is 0 Å². The maximum atomic E-state index is 13.1. The molecule has 0 spiro atoms. The van der Waals surface area contributed by atoms with E-state index in [0.717, 1.165) is 0 Å². The lowest BCUT2D eigenvalue weighted by Crippen LogP contribution is -2.54. The van der Waals surface area contributed by atoms with Crippen LogP contribution in [0.3, 0.4) is 0 Å². The van der Waals surface area contributed by atoms with Crippen LogP contribution in [-0.4, -0.2) is 36.0 Å². The van der Waals surface area contributed by atoms with Crippen LogP contribution >= 0.6 is 0 Å². The molecule has 0 aromatic carbocycles. The predicted octanol–water partition coefficient (Wildman–Crippen LogP) is 6.95. The number of allylic oxidation sites excluding steroid dienone is 4. The van der Waals surface area contributed by atoms with Gasteiger partial charge in [-0.1, -0.05) is 0 Å². The summed E-state index contributed by atoms with van der Waals surface area (Å²) in [4.78, 5) is 0. The topological polar surface area (TPSA) is 0 Å². The molecule has 0 saturated heterocycles. The van der Waals surface area contributed by atoms with Crippen molar-refractivity contribution in [3.8, 4) is 0 Å². The van der Waals surface area contributed by atoms with E-state index >= 15 is 0 Å². The van der Waals surface area contributed by atoms with E-state index in [-0.39, 0.29) is 0 Å². The number of hydrogen-bond donors (Lipinski definition) is 0. The van der Waals surface area contributed by atoms with Crippen molar-refractivity contribution in [2.24, 2.45) is 0 Å². The van der Waals surface area contributed by atoms with Crippen LogP contribution < -0.4 is 0 Å².